The van der Waals surface area contributed by atoms with E-state index in [9.17, 15) is 4.79 Å². The molecule has 28 heavy (non-hydrogen) atoms. The lowest BCUT2D eigenvalue weighted by atomic mass is 10.3. The molecule has 0 atom stereocenters. The van der Waals surface area contributed by atoms with Crippen molar-refractivity contribution in [2.45, 2.75) is 19.4 Å². The number of amides is 1. The number of tetrazole rings is 1. The molecule has 0 aliphatic carbocycles. The van der Waals surface area contributed by atoms with Gasteiger partial charge in [-0.15, -0.1) is 5.10 Å². The third-order valence-corrected chi connectivity index (χ3v) is 4.64. The molecule has 144 valence electrons. The number of nitrogens with one attached hydrogen (secondary N) is 1. The Morgan fingerprint density at radius 1 is 1.07 bits per heavy atom. The Hall–Kier alpha value is -3.42. The lowest BCUT2D eigenvalue weighted by Crippen LogP contribution is -2.32. The van der Waals surface area contributed by atoms with Gasteiger partial charge in [-0.3, -0.25) is 4.79 Å². The lowest BCUT2D eigenvalue weighted by Gasteiger charge is -2.16. The minimum absolute atomic E-state index is 0.0397. The first kappa shape index (κ1) is 18.0. The van der Waals surface area contributed by atoms with E-state index in [-0.39, 0.29) is 12.5 Å². The average Bonchev–Trinajstić information content (AvgIpc) is 3.43. The van der Waals surface area contributed by atoms with Crippen LogP contribution < -0.4 is 10.1 Å². The number of aromatic nitrogens is 4. The molecule has 1 aliphatic rings. The van der Waals surface area contributed by atoms with Gasteiger partial charge in [-0.1, -0.05) is 24.3 Å². The molecule has 0 bridgehead atoms. The molecule has 1 fully saturated rings. The van der Waals surface area contributed by atoms with Gasteiger partial charge in [0.05, 0.1) is 12.2 Å². The smallest absolute Gasteiger partial charge is 0.260 e. The van der Waals surface area contributed by atoms with E-state index in [1.807, 2.05) is 59.5 Å². The fourth-order valence-corrected chi connectivity index (χ4v) is 3.17. The van der Waals surface area contributed by atoms with Crippen molar-refractivity contribution in [3.05, 3.63) is 60.4 Å². The second kappa shape index (κ2) is 8.51. The number of carbonyl (C=O) groups excluding carboxylic acids is 1. The van der Waals surface area contributed by atoms with Gasteiger partial charge in [-0.25, -0.2) is 0 Å². The highest BCUT2D eigenvalue weighted by Gasteiger charge is 2.18. The Bertz CT molecular complexity index is 921. The van der Waals surface area contributed by atoms with Crippen molar-refractivity contribution in [2.75, 3.05) is 25.0 Å². The summed E-state index contributed by atoms with van der Waals surface area (Å²) in [6, 6.07) is 17.3. The number of nitrogens with zero attached hydrogens (tertiary/aromatic N) is 5. The third kappa shape index (κ3) is 4.28. The minimum atomic E-state index is 0.0397. The maximum absolute atomic E-state index is 12.1. The van der Waals surface area contributed by atoms with Crippen molar-refractivity contribution < 1.29 is 9.53 Å². The molecule has 1 N–H and O–H groups in total. The summed E-state index contributed by atoms with van der Waals surface area (Å²) in [4.78, 5) is 14.0. The van der Waals surface area contributed by atoms with Crippen LogP contribution in [0.15, 0.2) is 54.6 Å². The summed E-state index contributed by atoms with van der Waals surface area (Å²) >= 11 is 0. The Morgan fingerprint density at radius 2 is 1.89 bits per heavy atom. The van der Waals surface area contributed by atoms with Gasteiger partial charge >= 0.3 is 0 Å². The van der Waals surface area contributed by atoms with Crippen LogP contribution >= 0.6 is 0 Å². The number of rotatable bonds is 7. The topological polar surface area (TPSA) is 85.2 Å². The Balaban J connectivity index is 1.35. The molecule has 1 saturated heterocycles. The largest absolute Gasteiger partial charge is 0.484 e. The van der Waals surface area contributed by atoms with Gasteiger partial charge in [-0.2, -0.15) is 4.68 Å². The van der Waals surface area contributed by atoms with Crippen molar-refractivity contribution in [3.8, 4) is 11.4 Å². The van der Waals surface area contributed by atoms with Crippen LogP contribution in [0.3, 0.4) is 0 Å². The molecular formula is C20H22N6O2. The summed E-state index contributed by atoms with van der Waals surface area (Å²) in [5.74, 6) is 1.39. The number of para-hydroxylation sites is 1. The van der Waals surface area contributed by atoms with Gasteiger partial charge in [0.25, 0.3) is 5.91 Å². The molecule has 1 aliphatic heterocycles. The molecular weight excluding hydrogens is 356 g/mol. The number of hydrogen-bond donors (Lipinski definition) is 1. The highest BCUT2D eigenvalue weighted by atomic mass is 16.5. The molecule has 1 amide bonds. The number of hydrogen-bond acceptors (Lipinski definition) is 6. The van der Waals surface area contributed by atoms with E-state index in [4.69, 9.17) is 4.74 Å². The van der Waals surface area contributed by atoms with Crippen molar-refractivity contribution in [3.63, 3.8) is 0 Å². The Kier molecular flexibility index (Phi) is 5.46. The van der Waals surface area contributed by atoms with E-state index in [0.717, 1.165) is 37.3 Å². The number of likely N-dealkylation sites (tertiary alicyclic amines) is 1. The summed E-state index contributed by atoms with van der Waals surface area (Å²) in [6.45, 7) is 2.19. The molecule has 0 spiro atoms. The van der Waals surface area contributed by atoms with Crippen molar-refractivity contribution in [1.82, 2.24) is 25.1 Å². The van der Waals surface area contributed by atoms with Crippen LogP contribution in [0.2, 0.25) is 0 Å². The maximum Gasteiger partial charge on any atom is 0.260 e. The highest BCUT2D eigenvalue weighted by molar-refractivity contribution is 5.78. The number of ether oxygens (including phenoxy) is 1. The van der Waals surface area contributed by atoms with Gasteiger partial charge in [0, 0.05) is 24.8 Å². The number of benzene rings is 2. The van der Waals surface area contributed by atoms with Gasteiger partial charge in [0.2, 0.25) is 0 Å². The van der Waals surface area contributed by atoms with E-state index in [1.54, 1.807) is 4.68 Å². The molecule has 8 nitrogen and oxygen atoms in total. The molecule has 1 aromatic heterocycles. The van der Waals surface area contributed by atoms with Crippen molar-refractivity contribution in [2.24, 2.45) is 0 Å². The van der Waals surface area contributed by atoms with Gasteiger partial charge < -0.3 is 15.0 Å². The summed E-state index contributed by atoms with van der Waals surface area (Å²) in [5.41, 5.74) is 1.77. The van der Waals surface area contributed by atoms with Gasteiger partial charge in [0.15, 0.2) is 12.4 Å². The summed E-state index contributed by atoms with van der Waals surface area (Å²) < 4.78 is 7.37. The predicted octanol–water partition coefficient (Wildman–Crippen LogP) is 2.28. The van der Waals surface area contributed by atoms with E-state index in [2.05, 4.69) is 20.8 Å². The fraction of sp³-hybridized carbons (Fsp3) is 0.300. The van der Waals surface area contributed by atoms with Crippen LogP contribution in [0.1, 0.15) is 18.7 Å². The van der Waals surface area contributed by atoms with Gasteiger partial charge in [0.1, 0.15) is 5.75 Å². The molecule has 2 heterocycles. The summed E-state index contributed by atoms with van der Waals surface area (Å²) in [7, 11) is 0. The van der Waals surface area contributed by atoms with E-state index in [1.165, 1.54) is 0 Å². The van der Waals surface area contributed by atoms with Crippen molar-refractivity contribution in [1.29, 1.82) is 0 Å². The Labute approximate surface area is 163 Å². The third-order valence-electron chi connectivity index (χ3n) is 4.64. The van der Waals surface area contributed by atoms with E-state index >= 15 is 0 Å². The number of carbonyl (C=O) groups is 1. The van der Waals surface area contributed by atoms with Crippen LogP contribution in [-0.2, 0) is 11.3 Å². The van der Waals surface area contributed by atoms with E-state index in [0.29, 0.717) is 18.1 Å². The normalized spacial score (nSPS) is 13.5. The molecule has 0 unspecified atom stereocenters. The highest BCUT2D eigenvalue weighted by Crippen LogP contribution is 2.19. The quantitative estimate of drug-likeness (QED) is 0.679. The maximum atomic E-state index is 12.1. The summed E-state index contributed by atoms with van der Waals surface area (Å²) in [5, 5.41) is 15.2. The predicted molar refractivity (Wildman–Crippen MR) is 104 cm³/mol. The van der Waals surface area contributed by atoms with Crippen LogP contribution in [0.4, 0.5) is 5.69 Å². The molecule has 0 saturated carbocycles. The van der Waals surface area contributed by atoms with Crippen LogP contribution in [0.25, 0.3) is 5.69 Å². The second-order valence-electron chi connectivity index (χ2n) is 6.60. The first-order valence-corrected chi connectivity index (χ1v) is 9.37. The minimum Gasteiger partial charge on any atom is -0.484 e. The lowest BCUT2D eigenvalue weighted by molar-refractivity contribution is -0.132. The zero-order valence-corrected chi connectivity index (χ0v) is 15.5. The molecule has 0 radical (unpaired) electrons. The first-order valence-electron chi connectivity index (χ1n) is 9.37. The van der Waals surface area contributed by atoms with Crippen molar-refractivity contribution >= 4 is 11.6 Å². The van der Waals surface area contributed by atoms with E-state index < -0.39 is 0 Å². The monoisotopic (exact) mass is 378 g/mol. The number of anilines is 1. The zero-order chi connectivity index (χ0) is 19.2. The molecule has 3 aromatic rings. The summed E-state index contributed by atoms with van der Waals surface area (Å²) in [6.07, 6.45) is 2.15. The standard InChI is InChI=1S/C20H22N6O2/c27-20(25-11-4-5-12-25)15-28-18-10-6-7-16(13-18)21-14-19-22-23-24-26(19)17-8-2-1-3-9-17/h1-3,6-10,13,21H,4-5,11-12,14-15H2. The molecule has 4 rings (SSSR count). The SMILES string of the molecule is O=C(COc1cccc(NCc2nnnn2-c2ccccc2)c1)N1CCCC1. The second-order valence-corrected chi connectivity index (χ2v) is 6.60. The average molecular weight is 378 g/mol. The Morgan fingerprint density at radius 3 is 2.71 bits per heavy atom. The van der Waals surface area contributed by atoms with Crippen LogP contribution in [-0.4, -0.2) is 50.7 Å². The molecule has 2 aromatic carbocycles. The molecule has 8 heteroatoms. The van der Waals surface area contributed by atoms with Gasteiger partial charge in [-0.05, 0) is 47.5 Å². The van der Waals surface area contributed by atoms with Crippen LogP contribution in [0, 0.1) is 0 Å². The fourth-order valence-electron chi connectivity index (χ4n) is 3.17. The zero-order valence-electron chi connectivity index (χ0n) is 15.5. The van der Waals surface area contributed by atoms with Crippen LogP contribution in [0.5, 0.6) is 5.75 Å². The first-order chi connectivity index (χ1) is 13.8.